The Morgan fingerprint density at radius 3 is 2.50 bits per heavy atom. The maximum absolute atomic E-state index is 11.8. The first kappa shape index (κ1) is 22.0. The zero-order chi connectivity index (χ0) is 21.9. The number of hydrogen-bond donors (Lipinski definition) is 1. The van der Waals surface area contributed by atoms with E-state index in [1.165, 1.54) is 5.56 Å². The zero-order valence-corrected chi connectivity index (χ0v) is 19.4. The molecule has 168 valence electrons. The van der Waals surface area contributed by atoms with E-state index in [0.717, 1.165) is 55.9 Å². The topological polar surface area (TPSA) is 113 Å². The predicted octanol–water partition coefficient (Wildman–Crippen LogP) is 3.03. The molecule has 0 heterocycles. The van der Waals surface area contributed by atoms with Gasteiger partial charge in [-0.15, -0.1) is 0 Å². The van der Waals surface area contributed by atoms with Crippen LogP contribution in [0.5, 0.6) is 5.75 Å². The third-order valence-electron chi connectivity index (χ3n) is 7.70. The molecule has 0 radical (unpaired) electrons. The van der Waals surface area contributed by atoms with Crippen LogP contribution in [0.4, 0.5) is 0 Å². The van der Waals surface area contributed by atoms with E-state index >= 15 is 0 Å². The molecule has 1 aromatic rings. The molecule has 0 aromatic heterocycles. The average molecular weight is 458 g/mol. The molecule has 0 spiro atoms. The smallest absolute Gasteiger partial charge is 0.371 e. The van der Waals surface area contributed by atoms with Crippen molar-refractivity contribution < 1.29 is 25.2 Å². The van der Waals surface area contributed by atoms with Crippen LogP contribution in [-0.2, 0) is 37.4 Å². The molecule has 5 atom stereocenters. The van der Waals surface area contributed by atoms with Crippen LogP contribution in [0.15, 0.2) is 12.1 Å². The monoisotopic (exact) mass is 457 g/mol. The lowest BCUT2D eigenvalue weighted by Gasteiger charge is -2.50. The molecule has 1 aromatic carbocycles. The second kappa shape index (κ2) is 7.46. The number of rotatable bonds is 5. The van der Waals surface area contributed by atoms with Gasteiger partial charge in [0.2, 0.25) is 0 Å². The highest BCUT2D eigenvalue weighted by molar-refractivity contribution is 7.86. The van der Waals surface area contributed by atoms with Gasteiger partial charge >= 0.3 is 10.3 Å². The maximum Gasteiger partial charge on any atom is 0.380 e. The molecule has 0 bridgehead atoms. The van der Waals surface area contributed by atoms with Crippen molar-refractivity contribution in [3.8, 4) is 5.75 Å². The molecule has 0 saturated heterocycles. The minimum atomic E-state index is -4.06. The van der Waals surface area contributed by atoms with Crippen molar-refractivity contribution in [2.45, 2.75) is 70.8 Å². The molecule has 0 amide bonds. The standard InChI is InChI=1S/C21H31NO6S2/c1-4-13-11-17-14(12-19(13)27-30(22,25)26)5-6-16-15(17)9-10-21(2)18(16)7-8-20(21)28-29(3,23)24/h11-12,15-16,18,20H,4-10H2,1-3H3,(H2,22,25,26)/t15-,16+,18-,20+,21-/m0/s1. The first-order valence-electron chi connectivity index (χ1n) is 10.7. The van der Waals surface area contributed by atoms with E-state index in [-0.39, 0.29) is 11.5 Å². The van der Waals surface area contributed by atoms with Crippen molar-refractivity contribution in [3.63, 3.8) is 0 Å². The lowest BCUT2D eigenvalue weighted by molar-refractivity contribution is -0.00768. The summed E-state index contributed by atoms with van der Waals surface area (Å²) in [7, 11) is -7.54. The van der Waals surface area contributed by atoms with Crippen molar-refractivity contribution in [2.24, 2.45) is 22.4 Å². The van der Waals surface area contributed by atoms with E-state index in [9.17, 15) is 16.8 Å². The van der Waals surface area contributed by atoms with Gasteiger partial charge < -0.3 is 4.18 Å². The van der Waals surface area contributed by atoms with Gasteiger partial charge in [-0.3, -0.25) is 4.18 Å². The van der Waals surface area contributed by atoms with Crippen molar-refractivity contribution in [1.82, 2.24) is 0 Å². The van der Waals surface area contributed by atoms with Crippen molar-refractivity contribution in [3.05, 3.63) is 28.8 Å². The van der Waals surface area contributed by atoms with Gasteiger partial charge in [0, 0.05) is 0 Å². The molecule has 2 fully saturated rings. The quantitative estimate of drug-likeness (QED) is 0.680. The summed E-state index contributed by atoms with van der Waals surface area (Å²) in [6.07, 6.45) is 7.08. The molecular weight excluding hydrogens is 426 g/mol. The average Bonchev–Trinajstić information content (AvgIpc) is 2.94. The van der Waals surface area contributed by atoms with Crippen LogP contribution < -0.4 is 9.32 Å². The lowest BCUT2D eigenvalue weighted by Crippen LogP contribution is -2.45. The lowest BCUT2D eigenvalue weighted by atomic mass is 9.55. The summed E-state index contributed by atoms with van der Waals surface area (Å²) in [6, 6.07) is 3.96. The molecule has 30 heavy (non-hydrogen) atoms. The minimum absolute atomic E-state index is 0.119. The maximum atomic E-state index is 11.8. The second-order valence-electron chi connectivity index (χ2n) is 9.41. The molecule has 7 nitrogen and oxygen atoms in total. The number of benzene rings is 1. The first-order chi connectivity index (χ1) is 13.9. The summed E-state index contributed by atoms with van der Waals surface area (Å²) in [6.45, 7) is 4.17. The van der Waals surface area contributed by atoms with E-state index in [2.05, 4.69) is 13.0 Å². The van der Waals surface area contributed by atoms with Crippen molar-refractivity contribution >= 4 is 20.4 Å². The van der Waals surface area contributed by atoms with Crippen molar-refractivity contribution in [2.75, 3.05) is 6.26 Å². The first-order valence-corrected chi connectivity index (χ1v) is 14.0. The van der Waals surface area contributed by atoms with E-state index in [0.29, 0.717) is 29.9 Å². The fraction of sp³-hybridized carbons (Fsp3) is 0.714. The normalized spacial score (nSPS) is 33.5. The molecule has 2 N–H and O–H groups in total. The van der Waals surface area contributed by atoms with Crippen LogP contribution in [-0.4, -0.2) is 29.2 Å². The van der Waals surface area contributed by atoms with Crippen molar-refractivity contribution in [1.29, 1.82) is 0 Å². The van der Waals surface area contributed by atoms with E-state index in [4.69, 9.17) is 13.5 Å². The van der Waals surface area contributed by atoms with Gasteiger partial charge in [0.05, 0.1) is 12.4 Å². The van der Waals surface area contributed by atoms with Crippen LogP contribution in [0.3, 0.4) is 0 Å². The second-order valence-corrected chi connectivity index (χ2v) is 12.2. The van der Waals surface area contributed by atoms with Crippen LogP contribution in [0.2, 0.25) is 0 Å². The fourth-order valence-electron chi connectivity index (χ4n) is 6.45. The van der Waals surface area contributed by atoms with Gasteiger partial charge in [0.25, 0.3) is 10.1 Å². The Balaban J connectivity index is 1.65. The third kappa shape index (κ3) is 4.01. The van der Waals surface area contributed by atoms with Gasteiger partial charge in [0.1, 0.15) is 5.75 Å². The van der Waals surface area contributed by atoms with E-state index in [1.54, 1.807) is 0 Å². The molecule has 9 heteroatoms. The Labute approximate surface area is 179 Å². The zero-order valence-electron chi connectivity index (χ0n) is 17.8. The summed E-state index contributed by atoms with van der Waals surface area (Å²) in [4.78, 5) is 0. The Bertz CT molecular complexity index is 1050. The highest BCUT2D eigenvalue weighted by Gasteiger charge is 2.56. The van der Waals surface area contributed by atoms with Gasteiger partial charge in [-0.25, -0.2) is 0 Å². The predicted molar refractivity (Wildman–Crippen MR) is 114 cm³/mol. The van der Waals surface area contributed by atoms with Gasteiger partial charge in [-0.05, 0) is 90.9 Å². The summed E-state index contributed by atoms with van der Waals surface area (Å²) >= 11 is 0. The minimum Gasteiger partial charge on any atom is -0.371 e. The molecule has 2 saturated carbocycles. The molecule has 4 rings (SSSR count). The van der Waals surface area contributed by atoms with Crippen LogP contribution in [0, 0.1) is 17.3 Å². The van der Waals surface area contributed by atoms with Gasteiger partial charge in [-0.2, -0.15) is 22.0 Å². The number of fused-ring (bicyclic) bond motifs is 5. The SMILES string of the molecule is CCc1cc2c(cc1OS(N)(=O)=O)CC[C@@H]1[C@@H]2CC[C@]2(C)[C@H](OS(C)(=O)=O)CC[C@@H]12. The highest BCUT2D eigenvalue weighted by Crippen LogP contribution is 2.62. The van der Waals surface area contributed by atoms with Gasteiger partial charge in [-0.1, -0.05) is 19.9 Å². The molecule has 3 aliphatic carbocycles. The summed E-state index contributed by atoms with van der Waals surface area (Å²) in [5, 5.41) is 5.10. The molecule has 0 unspecified atom stereocenters. The Hall–Kier alpha value is -1.16. The largest absolute Gasteiger partial charge is 0.380 e. The number of hydrogen-bond acceptors (Lipinski definition) is 6. The highest BCUT2D eigenvalue weighted by atomic mass is 32.2. The molecule has 3 aliphatic rings. The third-order valence-corrected chi connectivity index (χ3v) is 8.69. The Kier molecular flexibility index (Phi) is 5.48. The molecular formula is C21H31NO6S2. The molecule has 0 aliphatic heterocycles. The van der Waals surface area contributed by atoms with E-state index in [1.807, 2.05) is 13.0 Å². The summed E-state index contributed by atoms with van der Waals surface area (Å²) < 4.78 is 57.0. The summed E-state index contributed by atoms with van der Waals surface area (Å²) in [5.74, 6) is 1.65. The van der Waals surface area contributed by atoms with Crippen LogP contribution >= 0.6 is 0 Å². The number of aryl methyl sites for hydroxylation is 2. The van der Waals surface area contributed by atoms with Crippen LogP contribution in [0.1, 0.15) is 68.6 Å². The fourth-order valence-corrected chi connectivity index (χ4v) is 7.59. The Morgan fingerprint density at radius 1 is 1.13 bits per heavy atom. The Morgan fingerprint density at radius 2 is 1.87 bits per heavy atom. The van der Waals surface area contributed by atoms with Gasteiger partial charge in [0.15, 0.2) is 0 Å². The summed E-state index contributed by atoms with van der Waals surface area (Å²) in [5.41, 5.74) is 3.16. The van der Waals surface area contributed by atoms with Crippen LogP contribution in [0.25, 0.3) is 0 Å². The number of nitrogens with two attached hydrogens (primary N) is 1. The van der Waals surface area contributed by atoms with E-state index < -0.39 is 20.4 Å².